The van der Waals surface area contributed by atoms with Crippen molar-refractivity contribution in [3.05, 3.63) is 60.2 Å². The Balaban J connectivity index is 1.36. The van der Waals surface area contributed by atoms with Gasteiger partial charge in [-0.2, -0.15) is 0 Å². The topological polar surface area (TPSA) is 73.9 Å². The Hall–Kier alpha value is -2.70. The molecule has 2 aliphatic rings. The highest BCUT2D eigenvalue weighted by molar-refractivity contribution is 5.96. The predicted molar refractivity (Wildman–Crippen MR) is 112 cm³/mol. The molecule has 1 amide bonds. The summed E-state index contributed by atoms with van der Waals surface area (Å²) in [4.78, 5) is 24.8. The fraction of sp³-hybridized carbons (Fsp3) is 0.417. The lowest BCUT2D eigenvalue weighted by Crippen LogP contribution is -2.43. The maximum absolute atomic E-state index is 12.9. The minimum Gasteiger partial charge on any atom is -0.457 e. The first-order valence-corrected chi connectivity index (χ1v) is 10.5. The average molecular weight is 409 g/mol. The van der Waals surface area contributed by atoms with Crippen LogP contribution in [0.1, 0.15) is 36.5 Å². The van der Waals surface area contributed by atoms with Crippen LogP contribution in [0.3, 0.4) is 0 Å². The van der Waals surface area contributed by atoms with Crippen molar-refractivity contribution in [3.8, 4) is 11.5 Å². The Morgan fingerprint density at radius 1 is 1.00 bits per heavy atom. The first-order chi connectivity index (χ1) is 14.6. The van der Waals surface area contributed by atoms with Crippen LogP contribution in [0.2, 0.25) is 0 Å². The molecule has 4 rings (SSSR count). The van der Waals surface area contributed by atoms with Crippen molar-refractivity contribution in [1.29, 1.82) is 0 Å². The SMILES string of the molecule is CCCC(=O)N[C@H]1CO[C@@H]2[C@@H](CC(=O)c3cccc(Oc4ccccc4)c3)CO[C@@H]21. The summed E-state index contributed by atoms with van der Waals surface area (Å²) in [5.41, 5.74) is 0.609. The molecule has 0 radical (unpaired) electrons. The Bertz CT molecular complexity index is 884. The van der Waals surface area contributed by atoms with E-state index in [1.165, 1.54) is 0 Å². The number of hydrogen-bond donors (Lipinski definition) is 1. The van der Waals surface area contributed by atoms with E-state index in [1.54, 1.807) is 12.1 Å². The summed E-state index contributed by atoms with van der Waals surface area (Å²) in [6, 6.07) is 16.6. The number of ketones is 1. The Morgan fingerprint density at radius 2 is 1.77 bits per heavy atom. The van der Waals surface area contributed by atoms with Gasteiger partial charge in [-0.25, -0.2) is 0 Å². The van der Waals surface area contributed by atoms with Crippen LogP contribution in [-0.4, -0.2) is 43.2 Å². The molecule has 2 saturated heterocycles. The normalized spacial score (nSPS) is 25.0. The second-order valence-corrected chi connectivity index (χ2v) is 7.85. The summed E-state index contributed by atoms with van der Waals surface area (Å²) in [6.45, 7) is 2.86. The van der Waals surface area contributed by atoms with Crippen molar-refractivity contribution in [2.45, 2.75) is 44.4 Å². The van der Waals surface area contributed by atoms with Crippen molar-refractivity contribution < 1.29 is 23.8 Å². The van der Waals surface area contributed by atoms with Crippen LogP contribution >= 0.6 is 0 Å². The number of ether oxygens (including phenoxy) is 3. The molecule has 6 heteroatoms. The Kier molecular flexibility index (Phi) is 6.45. The third-order valence-corrected chi connectivity index (χ3v) is 5.56. The first kappa shape index (κ1) is 20.6. The quantitative estimate of drug-likeness (QED) is 0.672. The van der Waals surface area contributed by atoms with E-state index in [0.29, 0.717) is 37.4 Å². The molecule has 0 aromatic heterocycles. The molecule has 6 nitrogen and oxygen atoms in total. The van der Waals surface area contributed by atoms with E-state index < -0.39 is 0 Å². The highest BCUT2D eigenvalue weighted by Gasteiger charge is 2.48. The minimum absolute atomic E-state index is 0.0186. The molecule has 30 heavy (non-hydrogen) atoms. The van der Waals surface area contributed by atoms with Crippen LogP contribution in [0.25, 0.3) is 0 Å². The Labute approximate surface area is 176 Å². The number of carbonyl (C=O) groups excluding carboxylic acids is 2. The fourth-order valence-electron chi connectivity index (χ4n) is 4.10. The largest absolute Gasteiger partial charge is 0.457 e. The van der Waals surface area contributed by atoms with Gasteiger partial charge in [-0.1, -0.05) is 37.3 Å². The number of fused-ring (bicyclic) bond motifs is 1. The highest BCUT2D eigenvalue weighted by atomic mass is 16.6. The monoisotopic (exact) mass is 409 g/mol. The van der Waals surface area contributed by atoms with Crippen LogP contribution in [0.4, 0.5) is 0 Å². The number of benzene rings is 2. The number of nitrogens with one attached hydrogen (secondary N) is 1. The molecule has 0 unspecified atom stereocenters. The molecule has 1 N–H and O–H groups in total. The van der Waals surface area contributed by atoms with Crippen molar-refractivity contribution >= 4 is 11.7 Å². The molecule has 4 atom stereocenters. The molecule has 2 aromatic rings. The average Bonchev–Trinajstić information content (AvgIpc) is 3.33. The second kappa shape index (κ2) is 9.41. The highest BCUT2D eigenvalue weighted by Crippen LogP contribution is 2.34. The summed E-state index contributed by atoms with van der Waals surface area (Å²) in [7, 11) is 0. The molecule has 158 valence electrons. The van der Waals surface area contributed by atoms with Gasteiger partial charge >= 0.3 is 0 Å². The molecule has 0 bridgehead atoms. The minimum atomic E-state index is -0.184. The van der Waals surface area contributed by atoms with Crippen LogP contribution in [0.5, 0.6) is 11.5 Å². The van der Waals surface area contributed by atoms with E-state index >= 15 is 0 Å². The van der Waals surface area contributed by atoms with Gasteiger partial charge in [0.25, 0.3) is 0 Å². The van der Waals surface area contributed by atoms with Crippen LogP contribution in [0.15, 0.2) is 54.6 Å². The molecular formula is C24H27NO5. The molecule has 2 heterocycles. The van der Waals surface area contributed by atoms with Crippen molar-refractivity contribution in [3.63, 3.8) is 0 Å². The number of carbonyl (C=O) groups is 2. The van der Waals surface area contributed by atoms with E-state index in [1.807, 2.05) is 49.4 Å². The maximum Gasteiger partial charge on any atom is 0.220 e. The van der Waals surface area contributed by atoms with Crippen molar-refractivity contribution in [1.82, 2.24) is 5.32 Å². The van der Waals surface area contributed by atoms with Crippen molar-refractivity contribution in [2.75, 3.05) is 13.2 Å². The first-order valence-electron chi connectivity index (χ1n) is 10.5. The summed E-state index contributed by atoms with van der Waals surface area (Å²) in [5.74, 6) is 1.39. The van der Waals surface area contributed by atoms with Gasteiger partial charge in [0.2, 0.25) is 5.91 Å². The standard InChI is InChI=1S/C24H27NO5/c1-2-7-22(27)25-20-15-29-23-17(14-28-24(20)23)13-21(26)16-8-6-11-19(12-16)30-18-9-4-3-5-10-18/h3-6,8-12,17,20,23-24H,2,7,13-15H2,1H3,(H,25,27)/t17-,20-,23+,24+/m0/s1. The van der Waals surface area contributed by atoms with Crippen LogP contribution < -0.4 is 10.1 Å². The predicted octanol–water partition coefficient (Wildman–Crippen LogP) is 3.75. The lowest BCUT2D eigenvalue weighted by molar-refractivity contribution is -0.122. The van der Waals surface area contributed by atoms with Crippen molar-refractivity contribution in [2.24, 2.45) is 5.92 Å². The zero-order valence-electron chi connectivity index (χ0n) is 17.1. The Morgan fingerprint density at radius 3 is 2.57 bits per heavy atom. The summed E-state index contributed by atoms with van der Waals surface area (Å²) in [5, 5.41) is 3.00. The summed E-state index contributed by atoms with van der Waals surface area (Å²) in [6.07, 6.45) is 1.29. The smallest absolute Gasteiger partial charge is 0.220 e. The number of amides is 1. The fourth-order valence-corrected chi connectivity index (χ4v) is 4.10. The van der Waals surface area contributed by atoms with Gasteiger partial charge in [-0.05, 0) is 30.7 Å². The van der Waals surface area contributed by atoms with Gasteiger partial charge in [0.05, 0.1) is 25.4 Å². The summed E-state index contributed by atoms with van der Waals surface area (Å²) < 4.78 is 17.6. The third-order valence-electron chi connectivity index (χ3n) is 5.56. The number of Topliss-reactive ketones (excluding diaryl/α,β-unsaturated/α-hetero) is 1. The zero-order valence-corrected chi connectivity index (χ0v) is 17.1. The molecule has 2 aromatic carbocycles. The van der Waals surface area contributed by atoms with Crippen LogP contribution in [0, 0.1) is 5.92 Å². The number of para-hydroxylation sites is 1. The van der Waals surface area contributed by atoms with E-state index in [0.717, 1.165) is 12.2 Å². The van der Waals surface area contributed by atoms with E-state index in [2.05, 4.69) is 5.32 Å². The van der Waals surface area contributed by atoms with Gasteiger partial charge in [0, 0.05) is 24.3 Å². The van der Waals surface area contributed by atoms with Gasteiger partial charge in [0.1, 0.15) is 17.6 Å². The van der Waals surface area contributed by atoms with E-state index in [9.17, 15) is 9.59 Å². The molecule has 0 spiro atoms. The second-order valence-electron chi connectivity index (χ2n) is 7.85. The number of rotatable bonds is 8. The third kappa shape index (κ3) is 4.71. The molecule has 2 fully saturated rings. The van der Waals surface area contributed by atoms with Gasteiger partial charge < -0.3 is 19.5 Å². The van der Waals surface area contributed by atoms with E-state index in [-0.39, 0.29) is 35.9 Å². The van der Waals surface area contributed by atoms with Crippen LogP contribution in [-0.2, 0) is 14.3 Å². The molecule has 0 aliphatic carbocycles. The maximum atomic E-state index is 12.9. The molecule has 0 saturated carbocycles. The number of hydrogen-bond acceptors (Lipinski definition) is 5. The molecular weight excluding hydrogens is 382 g/mol. The lowest BCUT2D eigenvalue weighted by Gasteiger charge is -2.17. The van der Waals surface area contributed by atoms with Gasteiger partial charge in [0.15, 0.2) is 5.78 Å². The van der Waals surface area contributed by atoms with E-state index in [4.69, 9.17) is 14.2 Å². The zero-order chi connectivity index (χ0) is 20.9. The van der Waals surface area contributed by atoms with Gasteiger partial charge in [-0.3, -0.25) is 9.59 Å². The van der Waals surface area contributed by atoms with Gasteiger partial charge in [-0.15, -0.1) is 0 Å². The summed E-state index contributed by atoms with van der Waals surface area (Å²) >= 11 is 0. The lowest BCUT2D eigenvalue weighted by atomic mass is 9.92. The molecule has 2 aliphatic heterocycles.